The average Bonchev–Trinajstić information content (AvgIpc) is 2.79. The number of aromatic carboxylic acids is 1. The maximum absolute atomic E-state index is 13.9. The summed E-state index contributed by atoms with van der Waals surface area (Å²) in [7, 11) is 0. The summed E-state index contributed by atoms with van der Waals surface area (Å²) in [6, 6.07) is 6.68. The zero-order valence-corrected chi connectivity index (χ0v) is 9.95. The summed E-state index contributed by atoms with van der Waals surface area (Å²) in [5.74, 6) is -0.940. The molecule has 1 atom stereocenters. The molecule has 0 radical (unpaired) electrons. The van der Waals surface area contributed by atoms with Crippen LogP contribution in [-0.4, -0.2) is 17.2 Å². The molecule has 17 heavy (non-hydrogen) atoms. The molecule has 1 aliphatic rings. The second-order valence-electron chi connectivity index (χ2n) is 4.86. The average molecular weight is 236 g/mol. The Morgan fingerprint density at radius 3 is 2.24 bits per heavy atom. The molecule has 0 amide bonds. The number of rotatable bonds is 3. The lowest BCUT2D eigenvalue weighted by atomic mass is 9.75. The minimum absolute atomic E-state index is 0.258. The van der Waals surface area contributed by atoms with Crippen molar-refractivity contribution in [1.29, 1.82) is 0 Å². The van der Waals surface area contributed by atoms with Crippen molar-refractivity contribution < 1.29 is 14.3 Å². The number of carbonyl (C=O) groups is 1. The first kappa shape index (κ1) is 12.1. The molecule has 2 rings (SSSR count). The smallest absolute Gasteiger partial charge is 0.335 e. The van der Waals surface area contributed by atoms with Crippen molar-refractivity contribution in [2.75, 3.05) is 0 Å². The fourth-order valence-electron chi connectivity index (χ4n) is 2.87. The summed E-state index contributed by atoms with van der Waals surface area (Å²) >= 11 is 0. The molecular weight excluding hydrogens is 219 g/mol. The van der Waals surface area contributed by atoms with Gasteiger partial charge >= 0.3 is 5.97 Å². The van der Waals surface area contributed by atoms with Gasteiger partial charge in [0.2, 0.25) is 0 Å². The van der Waals surface area contributed by atoms with Gasteiger partial charge < -0.3 is 5.11 Å². The molecule has 1 aromatic carbocycles. The van der Waals surface area contributed by atoms with Gasteiger partial charge in [-0.1, -0.05) is 25.0 Å². The van der Waals surface area contributed by atoms with E-state index in [-0.39, 0.29) is 5.56 Å². The van der Waals surface area contributed by atoms with Crippen molar-refractivity contribution in [3.05, 3.63) is 35.4 Å². The minimum Gasteiger partial charge on any atom is -0.478 e. The van der Waals surface area contributed by atoms with Crippen LogP contribution in [0.4, 0.5) is 4.39 Å². The number of carboxylic acids is 1. The van der Waals surface area contributed by atoms with Crippen LogP contribution in [0.2, 0.25) is 0 Å². The monoisotopic (exact) mass is 236 g/mol. The van der Waals surface area contributed by atoms with Gasteiger partial charge in [0.15, 0.2) is 0 Å². The van der Waals surface area contributed by atoms with Crippen molar-refractivity contribution in [1.82, 2.24) is 0 Å². The molecule has 1 saturated carbocycles. The molecule has 0 aliphatic heterocycles. The van der Waals surface area contributed by atoms with Crippen LogP contribution in [0.25, 0.3) is 0 Å². The highest BCUT2D eigenvalue weighted by Crippen LogP contribution is 2.44. The van der Waals surface area contributed by atoms with Gasteiger partial charge in [-0.15, -0.1) is 0 Å². The van der Waals surface area contributed by atoms with Gasteiger partial charge in [0.25, 0.3) is 0 Å². The third kappa shape index (κ3) is 2.06. The Morgan fingerprint density at radius 1 is 1.29 bits per heavy atom. The highest BCUT2D eigenvalue weighted by molar-refractivity contribution is 5.87. The third-order valence-corrected chi connectivity index (χ3v) is 3.96. The highest BCUT2D eigenvalue weighted by atomic mass is 19.1. The molecule has 1 N–H and O–H groups in total. The Morgan fingerprint density at radius 2 is 1.82 bits per heavy atom. The fraction of sp³-hybridized carbons (Fsp3) is 0.500. The van der Waals surface area contributed by atoms with Crippen molar-refractivity contribution in [2.24, 2.45) is 0 Å². The predicted molar refractivity (Wildman–Crippen MR) is 64.1 cm³/mol. The maximum atomic E-state index is 13.9. The van der Waals surface area contributed by atoms with Gasteiger partial charge in [-0.3, -0.25) is 0 Å². The third-order valence-electron chi connectivity index (χ3n) is 3.96. The second-order valence-corrected chi connectivity index (χ2v) is 4.86. The molecule has 0 heterocycles. The normalized spacial score (nSPS) is 20.1. The van der Waals surface area contributed by atoms with Crippen molar-refractivity contribution in [2.45, 2.75) is 44.2 Å². The number of alkyl halides is 1. The molecule has 1 aromatic rings. The molecule has 0 spiro atoms. The van der Waals surface area contributed by atoms with Gasteiger partial charge in [0.1, 0.15) is 6.17 Å². The van der Waals surface area contributed by atoms with Crippen LogP contribution in [0.15, 0.2) is 24.3 Å². The highest BCUT2D eigenvalue weighted by Gasteiger charge is 2.40. The van der Waals surface area contributed by atoms with Gasteiger partial charge in [-0.05, 0) is 37.5 Å². The van der Waals surface area contributed by atoms with Crippen LogP contribution in [0, 0.1) is 0 Å². The first-order valence-electron chi connectivity index (χ1n) is 6.04. The first-order valence-corrected chi connectivity index (χ1v) is 6.04. The van der Waals surface area contributed by atoms with Gasteiger partial charge in [0.05, 0.1) is 5.56 Å². The summed E-state index contributed by atoms with van der Waals surface area (Å²) in [6.45, 7) is 1.61. The molecule has 1 aliphatic carbocycles. The van der Waals surface area contributed by atoms with Crippen LogP contribution in [0.5, 0.6) is 0 Å². The van der Waals surface area contributed by atoms with Crippen molar-refractivity contribution in [3.8, 4) is 0 Å². The molecule has 3 heteroatoms. The lowest BCUT2D eigenvalue weighted by Gasteiger charge is -2.31. The van der Waals surface area contributed by atoms with E-state index in [9.17, 15) is 9.18 Å². The van der Waals surface area contributed by atoms with E-state index < -0.39 is 17.6 Å². The molecule has 1 fully saturated rings. The van der Waals surface area contributed by atoms with Crippen LogP contribution in [-0.2, 0) is 5.41 Å². The Hall–Kier alpha value is -1.38. The van der Waals surface area contributed by atoms with E-state index in [2.05, 4.69) is 0 Å². The zero-order valence-electron chi connectivity index (χ0n) is 9.95. The summed E-state index contributed by atoms with van der Waals surface area (Å²) in [5.41, 5.74) is 0.806. The summed E-state index contributed by atoms with van der Waals surface area (Å²) in [6.07, 6.45) is 2.93. The molecule has 0 saturated heterocycles. The van der Waals surface area contributed by atoms with E-state index in [1.165, 1.54) is 0 Å². The summed E-state index contributed by atoms with van der Waals surface area (Å²) in [5, 5.41) is 8.84. The number of benzene rings is 1. The van der Waals surface area contributed by atoms with E-state index in [4.69, 9.17) is 5.11 Å². The lowest BCUT2D eigenvalue weighted by Crippen LogP contribution is -2.32. The molecule has 0 bridgehead atoms. The summed E-state index contributed by atoms with van der Waals surface area (Å²) in [4.78, 5) is 10.8. The standard InChI is InChI=1S/C14H17FO2/c1-10(15)14(8-2-3-9-14)12-6-4-11(5-7-12)13(16)17/h4-7,10H,2-3,8-9H2,1H3,(H,16,17). The molecule has 0 aromatic heterocycles. The number of hydrogen-bond donors (Lipinski definition) is 1. The lowest BCUT2D eigenvalue weighted by molar-refractivity contribution is 0.0697. The minimum atomic E-state index is -0.940. The van der Waals surface area contributed by atoms with Crippen molar-refractivity contribution in [3.63, 3.8) is 0 Å². The van der Waals surface area contributed by atoms with E-state index >= 15 is 0 Å². The molecule has 92 valence electrons. The van der Waals surface area contributed by atoms with Crippen LogP contribution < -0.4 is 0 Å². The van der Waals surface area contributed by atoms with E-state index in [0.29, 0.717) is 0 Å². The SMILES string of the molecule is CC(F)C1(c2ccc(C(=O)O)cc2)CCCC1. The van der Waals surface area contributed by atoms with Crippen LogP contribution in [0.3, 0.4) is 0 Å². The topological polar surface area (TPSA) is 37.3 Å². The molecule has 1 unspecified atom stereocenters. The van der Waals surface area contributed by atoms with E-state index in [1.807, 2.05) is 0 Å². The predicted octanol–water partition coefficient (Wildman–Crippen LogP) is 3.55. The maximum Gasteiger partial charge on any atom is 0.335 e. The largest absolute Gasteiger partial charge is 0.478 e. The van der Waals surface area contributed by atoms with E-state index in [1.54, 1.807) is 31.2 Å². The van der Waals surface area contributed by atoms with Crippen LogP contribution >= 0.6 is 0 Å². The number of hydrogen-bond acceptors (Lipinski definition) is 1. The fourth-order valence-corrected chi connectivity index (χ4v) is 2.87. The molecule has 2 nitrogen and oxygen atoms in total. The van der Waals surface area contributed by atoms with Crippen LogP contribution in [0.1, 0.15) is 48.5 Å². The van der Waals surface area contributed by atoms with Gasteiger partial charge in [-0.2, -0.15) is 0 Å². The Balaban J connectivity index is 2.34. The number of halogens is 1. The van der Waals surface area contributed by atoms with Crippen molar-refractivity contribution >= 4 is 5.97 Å². The summed E-state index contributed by atoms with van der Waals surface area (Å²) < 4.78 is 13.9. The Labute approximate surface area is 100 Å². The Bertz CT molecular complexity index is 403. The second kappa shape index (κ2) is 4.47. The number of carboxylic acid groups (broad SMARTS) is 1. The quantitative estimate of drug-likeness (QED) is 0.871. The molecular formula is C14H17FO2. The first-order chi connectivity index (χ1) is 8.06. The zero-order chi connectivity index (χ0) is 12.5. The van der Waals surface area contributed by atoms with E-state index in [0.717, 1.165) is 31.2 Å². The Kier molecular flexibility index (Phi) is 3.18. The van der Waals surface area contributed by atoms with Gasteiger partial charge in [-0.25, -0.2) is 9.18 Å². The van der Waals surface area contributed by atoms with Gasteiger partial charge in [0, 0.05) is 5.41 Å².